The van der Waals surface area contributed by atoms with Crippen LogP contribution in [0.1, 0.15) is 48.9 Å². The summed E-state index contributed by atoms with van der Waals surface area (Å²) in [5.41, 5.74) is 3.94. The molecule has 1 nitrogen and oxygen atoms in total. The normalized spacial score (nSPS) is 14.0. The van der Waals surface area contributed by atoms with Gasteiger partial charge in [0.1, 0.15) is 0 Å². The minimum absolute atomic E-state index is 0.199. The number of halogens is 2. The van der Waals surface area contributed by atoms with Crippen molar-refractivity contribution in [2.75, 3.05) is 7.05 Å². The standard InChI is InChI=1S/C18H21Br2N/c1-4-12(2)13-5-7-14(8-6-13)18(21-3)15-9-16(19)11-17(20)10-15/h5-12,18,21H,4H2,1-3H3. The summed E-state index contributed by atoms with van der Waals surface area (Å²) in [6, 6.07) is 15.5. The molecule has 0 aromatic heterocycles. The van der Waals surface area contributed by atoms with Gasteiger partial charge in [0.05, 0.1) is 6.04 Å². The average Bonchev–Trinajstić information content (AvgIpc) is 2.47. The van der Waals surface area contributed by atoms with Gasteiger partial charge in [-0.2, -0.15) is 0 Å². The van der Waals surface area contributed by atoms with Crippen LogP contribution in [0.25, 0.3) is 0 Å². The van der Waals surface area contributed by atoms with E-state index in [0.717, 1.165) is 8.95 Å². The van der Waals surface area contributed by atoms with Gasteiger partial charge < -0.3 is 5.32 Å². The Morgan fingerprint density at radius 1 is 0.905 bits per heavy atom. The Hall–Kier alpha value is -0.640. The third kappa shape index (κ3) is 4.18. The van der Waals surface area contributed by atoms with E-state index in [0.29, 0.717) is 5.92 Å². The molecule has 3 heteroatoms. The second kappa shape index (κ2) is 7.57. The molecule has 2 aromatic carbocycles. The summed E-state index contributed by atoms with van der Waals surface area (Å²) < 4.78 is 2.17. The molecule has 21 heavy (non-hydrogen) atoms. The predicted molar refractivity (Wildman–Crippen MR) is 97.9 cm³/mol. The highest BCUT2D eigenvalue weighted by Gasteiger charge is 2.13. The lowest BCUT2D eigenvalue weighted by Crippen LogP contribution is -2.17. The summed E-state index contributed by atoms with van der Waals surface area (Å²) in [4.78, 5) is 0. The molecule has 0 bridgehead atoms. The number of benzene rings is 2. The van der Waals surface area contributed by atoms with E-state index in [1.54, 1.807) is 0 Å². The zero-order chi connectivity index (χ0) is 15.4. The molecule has 0 aliphatic carbocycles. The van der Waals surface area contributed by atoms with Crippen LogP contribution in [0.4, 0.5) is 0 Å². The van der Waals surface area contributed by atoms with E-state index in [1.807, 2.05) is 7.05 Å². The molecule has 0 aliphatic rings. The van der Waals surface area contributed by atoms with E-state index in [2.05, 4.69) is 93.5 Å². The minimum atomic E-state index is 0.199. The Labute approximate surface area is 144 Å². The fourth-order valence-corrected chi connectivity index (χ4v) is 3.85. The van der Waals surface area contributed by atoms with E-state index < -0.39 is 0 Å². The van der Waals surface area contributed by atoms with Crippen LogP contribution in [0.3, 0.4) is 0 Å². The van der Waals surface area contributed by atoms with Gasteiger partial charge in [0.15, 0.2) is 0 Å². The highest BCUT2D eigenvalue weighted by atomic mass is 79.9. The number of hydrogen-bond acceptors (Lipinski definition) is 1. The maximum Gasteiger partial charge on any atom is 0.0575 e. The van der Waals surface area contributed by atoms with Crippen molar-refractivity contribution in [3.63, 3.8) is 0 Å². The molecule has 2 rings (SSSR count). The van der Waals surface area contributed by atoms with Crippen molar-refractivity contribution in [2.45, 2.75) is 32.2 Å². The number of nitrogens with one attached hydrogen (secondary N) is 1. The highest BCUT2D eigenvalue weighted by molar-refractivity contribution is 9.11. The van der Waals surface area contributed by atoms with E-state index in [4.69, 9.17) is 0 Å². The van der Waals surface area contributed by atoms with Gasteiger partial charge in [-0.25, -0.2) is 0 Å². The predicted octanol–water partition coefficient (Wildman–Crippen LogP) is 6.03. The average molecular weight is 411 g/mol. The third-order valence-corrected chi connectivity index (χ3v) is 4.87. The largest absolute Gasteiger partial charge is 0.309 e. The molecule has 1 N–H and O–H groups in total. The van der Waals surface area contributed by atoms with Crippen molar-refractivity contribution in [3.8, 4) is 0 Å². The summed E-state index contributed by atoms with van der Waals surface area (Å²) in [6.45, 7) is 4.50. The molecule has 0 aliphatic heterocycles. The smallest absolute Gasteiger partial charge is 0.0575 e. The van der Waals surface area contributed by atoms with E-state index in [-0.39, 0.29) is 6.04 Å². The van der Waals surface area contributed by atoms with E-state index >= 15 is 0 Å². The van der Waals surface area contributed by atoms with Gasteiger partial charge in [-0.05, 0) is 54.3 Å². The molecule has 0 heterocycles. The zero-order valence-electron chi connectivity index (χ0n) is 12.7. The molecule has 2 unspecified atom stereocenters. The summed E-state index contributed by atoms with van der Waals surface area (Å²) >= 11 is 7.13. The molecule has 0 saturated carbocycles. The van der Waals surface area contributed by atoms with Crippen LogP contribution in [0.2, 0.25) is 0 Å². The first-order chi connectivity index (χ1) is 10.0. The van der Waals surface area contributed by atoms with Crippen molar-refractivity contribution in [1.29, 1.82) is 0 Å². The molecule has 0 fully saturated rings. The van der Waals surface area contributed by atoms with Gasteiger partial charge in [-0.15, -0.1) is 0 Å². The lowest BCUT2D eigenvalue weighted by atomic mass is 9.94. The topological polar surface area (TPSA) is 12.0 Å². The molecule has 2 atom stereocenters. The highest BCUT2D eigenvalue weighted by Crippen LogP contribution is 2.29. The molecular weight excluding hydrogens is 390 g/mol. The maximum atomic E-state index is 3.57. The van der Waals surface area contributed by atoms with Crippen LogP contribution in [-0.2, 0) is 0 Å². The Morgan fingerprint density at radius 3 is 1.90 bits per heavy atom. The molecule has 112 valence electrons. The molecule has 0 radical (unpaired) electrons. The Morgan fingerprint density at radius 2 is 1.43 bits per heavy atom. The van der Waals surface area contributed by atoms with Crippen LogP contribution in [0.5, 0.6) is 0 Å². The minimum Gasteiger partial charge on any atom is -0.309 e. The van der Waals surface area contributed by atoms with E-state index in [9.17, 15) is 0 Å². The van der Waals surface area contributed by atoms with Crippen molar-refractivity contribution in [3.05, 3.63) is 68.1 Å². The van der Waals surface area contributed by atoms with Gasteiger partial charge in [-0.1, -0.05) is 70.0 Å². The quantitative estimate of drug-likeness (QED) is 0.633. The fourth-order valence-electron chi connectivity index (χ4n) is 2.52. The van der Waals surface area contributed by atoms with Gasteiger partial charge >= 0.3 is 0 Å². The zero-order valence-corrected chi connectivity index (χ0v) is 15.8. The first kappa shape index (κ1) is 16.7. The SMILES string of the molecule is CCC(C)c1ccc(C(NC)c2cc(Br)cc(Br)c2)cc1. The summed E-state index contributed by atoms with van der Waals surface area (Å²) in [7, 11) is 2.00. The summed E-state index contributed by atoms with van der Waals surface area (Å²) in [5.74, 6) is 0.618. The van der Waals surface area contributed by atoms with Crippen LogP contribution < -0.4 is 5.32 Å². The van der Waals surface area contributed by atoms with Gasteiger partial charge in [0, 0.05) is 8.95 Å². The first-order valence-electron chi connectivity index (χ1n) is 7.28. The van der Waals surface area contributed by atoms with Gasteiger partial charge in [0.2, 0.25) is 0 Å². The van der Waals surface area contributed by atoms with E-state index in [1.165, 1.54) is 23.1 Å². The van der Waals surface area contributed by atoms with Crippen LogP contribution in [-0.4, -0.2) is 7.05 Å². The monoisotopic (exact) mass is 409 g/mol. The first-order valence-corrected chi connectivity index (χ1v) is 8.86. The number of hydrogen-bond donors (Lipinski definition) is 1. The van der Waals surface area contributed by atoms with Gasteiger partial charge in [0.25, 0.3) is 0 Å². The third-order valence-electron chi connectivity index (χ3n) is 3.96. The molecular formula is C18H21Br2N. The maximum absolute atomic E-state index is 3.57. The molecule has 0 amide bonds. The van der Waals surface area contributed by atoms with Crippen LogP contribution in [0.15, 0.2) is 51.4 Å². The van der Waals surface area contributed by atoms with Crippen LogP contribution in [0, 0.1) is 0 Å². The molecule has 0 saturated heterocycles. The summed E-state index contributed by atoms with van der Waals surface area (Å²) in [5, 5.41) is 3.41. The molecule has 2 aromatic rings. The number of rotatable bonds is 5. The fraction of sp³-hybridized carbons (Fsp3) is 0.333. The van der Waals surface area contributed by atoms with Crippen molar-refractivity contribution < 1.29 is 0 Å². The second-order valence-corrected chi connectivity index (χ2v) is 7.23. The van der Waals surface area contributed by atoms with Crippen molar-refractivity contribution >= 4 is 31.9 Å². The Bertz CT molecular complexity index is 572. The van der Waals surface area contributed by atoms with Crippen molar-refractivity contribution in [2.24, 2.45) is 0 Å². The van der Waals surface area contributed by atoms with Gasteiger partial charge in [-0.3, -0.25) is 0 Å². The lowest BCUT2D eigenvalue weighted by molar-refractivity contribution is 0.687. The molecule has 0 spiro atoms. The lowest BCUT2D eigenvalue weighted by Gasteiger charge is -2.19. The van der Waals surface area contributed by atoms with Crippen molar-refractivity contribution in [1.82, 2.24) is 5.32 Å². The Balaban J connectivity index is 2.32. The summed E-state index contributed by atoms with van der Waals surface area (Å²) in [6.07, 6.45) is 1.17. The van der Waals surface area contributed by atoms with Crippen LogP contribution >= 0.6 is 31.9 Å². The second-order valence-electron chi connectivity index (χ2n) is 5.40. The Kier molecular flexibility index (Phi) is 6.03.